The van der Waals surface area contributed by atoms with Crippen LogP contribution in [-0.2, 0) is 0 Å². The minimum Gasteiger partial charge on any atom is -0.384 e. The monoisotopic (exact) mass is 204 g/mol. The van der Waals surface area contributed by atoms with Gasteiger partial charge in [-0.15, -0.1) is 0 Å². The molecule has 1 rings (SSSR count). The highest BCUT2D eigenvalue weighted by Gasteiger charge is 1.86. The lowest BCUT2D eigenvalue weighted by Gasteiger charge is -2.01. The summed E-state index contributed by atoms with van der Waals surface area (Å²) in [5, 5.41) is 11.4. The van der Waals surface area contributed by atoms with Gasteiger partial charge in [0.15, 0.2) is 0 Å². The molecule has 0 saturated carbocycles. The molecule has 0 unspecified atom stereocenters. The Bertz CT molecular complexity index is 260. The Morgan fingerprint density at radius 3 is 2.20 bits per heavy atom. The molecule has 0 fully saturated rings. The molecule has 0 atom stereocenters. The predicted octanol–water partition coefficient (Wildman–Crippen LogP) is 3.82. The summed E-state index contributed by atoms with van der Waals surface area (Å²) in [6, 6.07) is 11.9. The summed E-state index contributed by atoms with van der Waals surface area (Å²) in [5.41, 5.74) is 1.07. The zero-order valence-corrected chi connectivity index (χ0v) is 9.66. The number of para-hydroxylation sites is 1. The van der Waals surface area contributed by atoms with Crippen LogP contribution in [0.4, 0.5) is 5.69 Å². The van der Waals surface area contributed by atoms with Crippen LogP contribution in [0.2, 0.25) is 0 Å². The zero-order chi connectivity index (χ0) is 11.4. The van der Waals surface area contributed by atoms with Crippen LogP contribution in [0, 0.1) is 11.3 Å². The third-order valence-corrected chi connectivity index (χ3v) is 1.84. The van der Waals surface area contributed by atoms with E-state index in [1.165, 1.54) is 12.8 Å². The SMILES string of the molecule is CCCC.N#CCCNc1ccccc1. The van der Waals surface area contributed by atoms with Gasteiger partial charge < -0.3 is 5.32 Å². The molecule has 0 heterocycles. The van der Waals surface area contributed by atoms with E-state index in [0.717, 1.165) is 12.2 Å². The number of nitriles is 1. The molecule has 0 amide bonds. The highest BCUT2D eigenvalue weighted by Crippen LogP contribution is 2.03. The van der Waals surface area contributed by atoms with Crippen molar-refractivity contribution in [2.24, 2.45) is 0 Å². The molecule has 0 aliphatic rings. The summed E-state index contributed by atoms with van der Waals surface area (Å²) >= 11 is 0. The largest absolute Gasteiger partial charge is 0.384 e. The van der Waals surface area contributed by atoms with Crippen molar-refractivity contribution in [3.8, 4) is 6.07 Å². The molecule has 0 bridgehead atoms. The Morgan fingerprint density at radius 2 is 1.73 bits per heavy atom. The number of benzene rings is 1. The molecule has 1 aromatic rings. The van der Waals surface area contributed by atoms with E-state index in [2.05, 4.69) is 25.2 Å². The van der Waals surface area contributed by atoms with E-state index in [-0.39, 0.29) is 0 Å². The van der Waals surface area contributed by atoms with Crippen LogP contribution in [0.25, 0.3) is 0 Å². The van der Waals surface area contributed by atoms with E-state index >= 15 is 0 Å². The third kappa shape index (κ3) is 8.83. The average molecular weight is 204 g/mol. The van der Waals surface area contributed by atoms with Crippen LogP contribution in [0.5, 0.6) is 0 Å². The molecule has 0 spiro atoms. The van der Waals surface area contributed by atoms with Crippen LogP contribution in [0.15, 0.2) is 30.3 Å². The van der Waals surface area contributed by atoms with E-state index in [1.807, 2.05) is 30.3 Å². The van der Waals surface area contributed by atoms with Gasteiger partial charge in [0.05, 0.1) is 12.5 Å². The first-order valence-electron chi connectivity index (χ1n) is 5.51. The highest BCUT2D eigenvalue weighted by atomic mass is 14.9. The second-order valence-corrected chi connectivity index (χ2v) is 3.20. The molecule has 82 valence electrons. The van der Waals surface area contributed by atoms with Crippen molar-refractivity contribution in [2.45, 2.75) is 33.1 Å². The first-order valence-corrected chi connectivity index (χ1v) is 5.51. The second kappa shape index (κ2) is 10.6. The first kappa shape index (κ1) is 13.5. The molecule has 0 aliphatic heterocycles. The van der Waals surface area contributed by atoms with E-state index in [1.54, 1.807) is 0 Å². The van der Waals surface area contributed by atoms with Crippen molar-refractivity contribution in [1.82, 2.24) is 0 Å². The normalized spacial score (nSPS) is 8.33. The van der Waals surface area contributed by atoms with Crippen molar-refractivity contribution in [3.05, 3.63) is 30.3 Å². The van der Waals surface area contributed by atoms with Crippen LogP contribution in [0.1, 0.15) is 33.1 Å². The van der Waals surface area contributed by atoms with Crippen LogP contribution in [-0.4, -0.2) is 6.54 Å². The Labute approximate surface area is 92.9 Å². The lowest BCUT2D eigenvalue weighted by atomic mass is 10.3. The summed E-state index contributed by atoms with van der Waals surface area (Å²) in [6.45, 7) is 5.08. The first-order chi connectivity index (χ1) is 7.35. The van der Waals surface area contributed by atoms with Gasteiger partial charge in [-0.05, 0) is 12.1 Å². The standard InChI is InChI=1S/C9H10N2.C4H10/c10-7-4-8-11-9-5-2-1-3-6-9;1-3-4-2/h1-3,5-6,11H,4,8H2;3-4H2,1-2H3. The van der Waals surface area contributed by atoms with Crippen LogP contribution < -0.4 is 5.32 Å². The molecule has 15 heavy (non-hydrogen) atoms. The van der Waals surface area contributed by atoms with Gasteiger partial charge in [0.2, 0.25) is 0 Å². The third-order valence-electron chi connectivity index (χ3n) is 1.84. The molecule has 1 N–H and O–H groups in total. The molecular weight excluding hydrogens is 184 g/mol. The van der Waals surface area contributed by atoms with Gasteiger partial charge in [-0.1, -0.05) is 44.9 Å². The minimum absolute atomic E-state index is 0.550. The molecule has 2 heteroatoms. The summed E-state index contributed by atoms with van der Waals surface area (Å²) in [7, 11) is 0. The number of anilines is 1. The number of hydrogen-bond donors (Lipinski definition) is 1. The Hall–Kier alpha value is -1.49. The number of hydrogen-bond acceptors (Lipinski definition) is 2. The maximum atomic E-state index is 8.25. The molecule has 0 aliphatic carbocycles. The quantitative estimate of drug-likeness (QED) is 0.757. The van der Waals surface area contributed by atoms with Crippen LogP contribution >= 0.6 is 0 Å². The lowest BCUT2D eigenvalue weighted by molar-refractivity contribution is 0.886. The maximum Gasteiger partial charge on any atom is 0.0640 e. The van der Waals surface area contributed by atoms with Gasteiger partial charge in [0.25, 0.3) is 0 Å². The minimum atomic E-state index is 0.550. The Morgan fingerprint density at radius 1 is 1.13 bits per heavy atom. The fourth-order valence-corrected chi connectivity index (χ4v) is 0.819. The number of nitrogens with one attached hydrogen (secondary N) is 1. The number of unbranched alkanes of at least 4 members (excludes halogenated alkanes) is 1. The Kier molecular flexibility index (Phi) is 9.54. The summed E-state index contributed by atoms with van der Waals surface area (Å²) < 4.78 is 0. The van der Waals surface area contributed by atoms with E-state index in [4.69, 9.17) is 5.26 Å². The van der Waals surface area contributed by atoms with Crippen molar-refractivity contribution < 1.29 is 0 Å². The topological polar surface area (TPSA) is 35.8 Å². The van der Waals surface area contributed by atoms with Gasteiger partial charge in [-0.2, -0.15) is 5.26 Å². The number of nitrogens with zero attached hydrogens (tertiary/aromatic N) is 1. The molecule has 1 aromatic carbocycles. The van der Waals surface area contributed by atoms with E-state index < -0.39 is 0 Å². The summed E-state index contributed by atoms with van der Waals surface area (Å²) in [6.07, 6.45) is 3.19. The van der Waals surface area contributed by atoms with Crippen molar-refractivity contribution in [2.75, 3.05) is 11.9 Å². The highest BCUT2D eigenvalue weighted by molar-refractivity contribution is 5.42. The van der Waals surface area contributed by atoms with E-state index in [9.17, 15) is 0 Å². The lowest BCUT2D eigenvalue weighted by Crippen LogP contribution is -1.99. The summed E-state index contributed by atoms with van der Waals surface area (Å²) in [4.78, 5) is 0. The van der Waals surface area contributed by atoms with Crippen molar-refractivity contribution in [1.29, 1.82) is 5.26 Å². The van der Waals surface area contributed by atoms with Crippen molar-refractivity contribution in [3.63, 3.8) is 0 Å². The van der Waals surface area contributed by atoms with E-state index in [0.29, 0.717) is 6.42 Å². The fourth-order valence-electron chi connectivity index (χ4n) is 0.819. The van der Waals surface area contributed by atoms with Gasteiger partial charge >= 0.3 is 0 Å². The molecule has 0 aromatic heterocycles. The van der Waals surface area contributed by atoms with Crippen molar-refractivity contribution >= 4 is 5.69 Å². The summed E-state index contributed by atoms with van der Waals surface area (Å²) in [5.74, 6) is 0. The van der Waals surface area contributed by atoms with Gasteiger partial charge in [0.1, 0.15) is 0 Å². The average Bonchev–Trinajstić information content (AvgIpc) is 2.31. The molecule has 0 radical (unpaired) electrons. The maximum absolute atomic E-state index is 8.25. The molecule has 0 saturated heterocycles. The zero-order valence-electron chi connectivity index (χ0n) is 9.66. The number of rotatable bonds is 4. The van der Waals surface area contributed by atoms with Gasteiger partial charge in [-0.3, -0.25) is 0 Å². The molecule has 2 nitrogen and oxygen atoms in total. The predicted molar refractivity (Wildman–Crippen MR) is 65.7 cm³/mol. The van der Waals surface area contributed by atoms with Gasteiger partial charge in [0, 0.05) is 12.2 Å². The van der Waals surface area contributed by atoms with Crippen LogP contribution in [0.3, 0.4) is 0 Å². The molecular formula is C13H20N2. The fraction of sp³-hybridized carbons (Fsp3) is 0.462. The smallest absolute Gasteiger partial charge is 0.0640 e. The second-order valence-electron chi connectivity index (χ2n) is 3.20. The van der Waals surface area contributed by atoms with Gasteiger partial charge in [-0.25, -0.2) is 0 Å². The Balaban J connectivity index is 0.000000423.